The van der Waals surface area contributed by atoms with Crippen molar-refractivity contribution in [1.82, 2.24) is 4.90 Å². The number of anilines is 2. The van der Waals surface area contributed by atoms with Crippen LogP contribution in [0, 0.1) is 0 Å². The van der Waals surface area contributed by atoms with E-state index in [1.54, 1.807) is 23.1 Å². The van der Waals surface area contributed by atoms with Crippen LogP contribution in [0.4, 0.5) is 16.2 Å². The first-order chi connectivity index (χ1) is 15.4. The van der Waals surface area contributed by atoms with Crippen molar-refractivity contribution in [2.75, 3.05) is 29.9 Å². The molecule has 0 spiro atoms. The molecule has 3 rings (SSSR count). The molecular weight excluding hydrogens is 408 g/mol. The SMILES string of the molecule is CCC(=O)N(c1cccc(NC(N)=O)c1)C1CCN(CC(C(=O)O)c2ccccc2)CC1. The minimum absolute atomic E-state index is 0.00234. The Morgan fingerprint density at radius 3 is 2.41 bits per heavy atom. The number of rotatable bonds is 8. The second-order valence-corrected chi connectivity index (χ2v) is 7.99. The molecule has 2 aromatic rings. The summed E-state index contributed by atoms with van der Waals surface area (Å²) in [5, 5.41) is 12.3. The Morgan fingerprint density at radius 1 is 1.12 bits per heavy atom. The van der Waals surface area contributed by atoms with Gasteiger partial charge in [0.25, 0.3) is 0 Å². The Morgan fingerprint density at radius 2 is 1.81 bits per heavy atom. The van der Waals surface area contributed by atoms with E-state index in [0.717, 1.165) is 18.4 Å². The molecular formula is C24H30N4O4. The number of carboxylic acids is 1. The summed E-state index contributed by atoms with van der Waals surface area (Å²) >= 11 is 0. The van der Waals surface area contributed by atoms with Gasteiger partial charge in [0.2, 0.25) is 5.91 Å². The molecule has 0 aliphatic carbocycles. The molecule has 1 unspecified atom stereocenters. The number of benzene rings is 2. The summed E-state index contributed by atoms with van der Waals surface area (Å²) in [6.07, 6.45) is 1.84. The molecule has 1 atom stereocenters. The third-order valence-electron chi connectivity index (χ3n) is 5.83. The predicted octanol–water partition coefficient (Wildman–Crippen LogP) is 3.25. The van der Waals surface area contributed by atoms with Crippen molar-refractivity contribution in [2.45, 2.75) is 38.1 Å². The van der Waals surface area contributed by atoms with E-state index in [4.69, 9.17) is 5.73 Å². The molecule has 170 valence electrons. The minimum Gasteiger partial charge on any atom is -0.481 e. The molecule has 2 aromatic carbocycles. The fraction of sp³-hybridized carbons (Fsp3) is 0.375. The largest absolute Gasteiger partial charge is 0.481 e. The van der Waals surface area contributed by atoms with Crippen molar-refractivity contribution < 1.29 is 19.5 Å². The summed E-state index contributed by atoms with van der Waals surface area (Å²) in [5.41, 5.74) is 7.27. The Kier molecular flexibility index (Phi) is 7.83. The van der Waals surface area contributed by atoms with Gasteiger partial charge in [-0.1, -0.05) is 43.3 Å². The molecule has 4 N–H and O–H groups in total. The zero-order chi connectivity index (χ0) is 23.1. The van der Waals surface area contributed by atoms with Crippen molar-refractivity contribution in [2.24, 2.45) is 5.73 Å². The number of nitrogens with two attached hydrogens (primary N) is 1. The molecule has 1 saturated heterocycles. The van der Waals surface area contributed by atoms with E-state index >= 15 is 0 Å². The number of urea groups is 1. The first-order valence-electron chi connectivity index (χ1n) is 10.9. The van der Waals surface area contributed by atoms with Gasteiger partial charge in [0, 0.05) is 43.5 Å². The van der Waals surface area contributed by atoms with Crippen LogP contribution in [0.5, 0.6) is 0 Å². The molecule has 1 heterocycles. The highest BCUT2D eigenvalue weighted by Crippen LogP contribution is 2.28. The van der Waals surface area contributed by atoms with Gasteiger partial charge < -0.3 is 26.0 Å². The first kappa shape index (κ1) is 23.3. The number of hydrogen-bond acceptors (Lipinski definition) is 4. The summed E-state index contributed by atoms with van der Waals surface area (Å²) < 4.78 is 0. The van der Waals surface area contributed by atoms with Crippen LogP contribution in [-0.4, -0.2) is 53.6 Å². The Labute approximate surface area is 188 Å². The highest BCUT2D eigenvalue weighted by molar-refractivity contribution is 5.95. The van der Waals surface area contributed by atoms with Crippen molar-refractivity contribution >= 4 is 29.3 Å². The van der Waals surface area contributed by atoms with Crippen LogP contribution in [0.25, 0.3) is 0 Å². The maximum absolute atomic E-state index is 12.8. The average Bonchev–Trinajstić information content (AvgIpc) is 2.78. The summed E-state index contributed by atoms with van der Waals surface area (Å²) in [7, 11) is 0. The van der Waals surface area contributed by atoms with E-state index < -0.39 is 17.9 Å². The number of carbonyl (C=O) groups is 3. The standard InChI is InChI=1S/C24H30N4O4/c1-2-22(29)28(20-10-6-9-18(15-20)26-24(25)32)19-11-13-27(14-12-19)16-21(23(30)31)17-7-4-3-5-8-17/h3-10,15,19,21H,2,11-14,16H2,1H3,(H,30,31)(H3,25,26,32). The lowest BCUT2D eigenvalue weighted by atomic mass is 9.96. The molecule has 0 bridgehead atoms. The lowest BCUT2D eigenvalue weighted by molar-refractivity contribution is -0.139. The van der Waals surface area contributed by atoms with Crippen LogP contribution in [0.1, 0.15) is 37.7 Å². The van der Waals surface area contributed by atoms with E-state index in [0.29, 0.717) is 37.4 Å². The number of likely N-dealkylation sites (tertiary alicyclic amines) is 1. The van der Waals surface area contributed by atoms with Crippen molar-refractivity contribution in [3.8, 4) is 0 Å². The zero-order valence-corrected chi connectivity index (χ0v) is 18.2. The molecule has 8 heteroatoms. The van der Waals surface area contributed by atoms with Gasteiger partial charge in [-0.2, -0.15) is 0 Å². The lowest BCUT2D eigenvalue weighted by Gasteiger charge is -2.39. The first-order valence-corrected chi connectivity index (χ1v) is 10.9. The van der Waals surface area contributed by atoms with Gasteiger partial charge in [-0.25, -0.2) is 4.79 Å². The minimum atomic E-state index is -0.833. The maximum Gasteiger partial charge on any atom is 0.316 e. The van der Waals surface area contributed by atoms with E-state index in [2.05, 4.69) is 10.2 Å². The number of nitrogens with zero attached hydrogens (tertiary/aromatic N) is 2. The van der Waals surface area contributed by atoms with E-state index in [9.17, 15) is 19.5 Å². The van der Waals surface area contributed by atoms with Crippen LogP contribution in [-0.2, 0) is 9.59 Å². The third kappa shape index (κ3) is 5.85. The van der Waals surface area contributed by atoms with Crippen molar-refractivity contribution in [3.63, 3.8) is 0 Å². The van der Waals surface area contributed by atoms with Crippen LogP contribution in [0.3, 0.4) is 0 Å². The van der Waals surface area contributed by atoms with Gasteiger partial charge in [0.05, 0.1) is 5.92 Å². The van der Waals surface area contributed by atoms with Gasteiger partial charge in [0.1, 0.15) is 0 Å². The number of nitrogens with one attached hydrogen (secondary N) is 1. The second-order valence-electron chi connectivity index (χ2n) is 7.99. The molecule has 0 radical (unpaired) electrons. The van der Waals surface area contributed by atoms with Gasteiger partial charge in [-0.05, 0) is 36.6 Å². The van der Waals surface area contributed by atoms with Crippen LogP contribution in [0.15, 0.2) is 54.6 Å². The number of piperidine rings is 1. The molecule has 8 nitrogen and oxygen atoms in total. The number of aliphatic carboxylic acids is 1. The smallest absolute Gasteiger partial charge is 0.316 e. The Balaban J connectivity index is 1.70. The monoisotopic (exact) mass is 438 g/mol. The third-order valence-corrected chi connectivity index (χ3v) is 5.83. The lowest BCUT2D eigenvalue weighted by Crippen LogP contribution is -2.48. The van der Waals surface area contributed by atoms with Crippen LogP contribution >= 0.6 is 0 Å². The quantitative estimate of drug-likeness (QED) is 0.585. The fourth-order valence-electron chi connectivity index (χ4n) is 4.23. The van der Waals surface area contributed by atoms with Crippen molar-refractivity contribution in [1.29, 1.82) is 0 Å². The van der Waals surface area contributed by atoms with Crippen molar-refractivity contribution in [3.05, 3.63) is 60.2 Å². The van der Waals surface area contributed by atoms with E-state index in [1.165, 1.54) is 0 Å². The Bertz CT molecular complexity index is 942. The molecule has 1 aliphatic heterocycles. The Hall–Kier alpha value is -3.39. The summed E-state index contributed by atoms with van der Waals surface area (Å²) in [6, 6.07) is 15.7. The highest BCUT2D eigenvalue weighted by Gasteiger charge is 2.31. The van der Waals surface area contributed by atoms with E-state index in [-0.39, 0.29) is 11.9 Å². The number of primary amides is 1. The highest BCUT2D eigenvalue weighted by atomic mass is 16.4. The molecule has 32 heavy (non-hydrogen) atoms. The molecule has 3 amide bonds. The fourth-order valence-corrected chi connectivity index (χ4v) is 4.23. The normalized spacial score (nSPS) is 15.7. The number of carbonyl (C=O) groups excluding carboxylic acids is 2. The molecule has 0 aromatic heterocycles. The topological polar surface area (TPSA) is 116 Å². The summed E-state index contributed by atoms with van der Waals surface area (Å²) in [5.74, 6) is -1.41. The molecule has 0 saturated carbocycles. The number of carboxylic acid groups (broad SMARTS) is 1. The van der Waals surface area contributed by atoms with Gasteiger partial charge in [-0.15, -0.1) is 0 Å². The van der Waals surface area contributed by atoms with Crippen LogP contribution < -0.4 is 16.0 Å². The number of hydrogen-bond donors (Lipinski definition) is 3. The average molecular weight is 439 g/mol. The second kappa shape index (κ2) is 10.8. The summed E-state index contributed by atoms with van der Waals surface area (Å²) in [6.45, 7) is 3.67. The van der Waals surface area contributed by atoms with Gasteiger partial charge in [0.15, 0.2) is 0 Å². The van der Waals surface area contributed by atoms with Crippen LogP contribution in [0.2, 0.25) is 0 Å². The molecule has 1 fully saturated rings. The zero-order valence-electron chi connectivity index (χ0n) is 18.2. The van der Waals surface area contributed by atoms with Gasteiger partial charge >= 0.3 is 12.0 Å². The van der Waals surface area contributed by atoms with Gasteiger partial charge in [-0.3, -0.25) is 9.59 Å². The number of amides is 3. The molecule has 1 aliphatic rings. The maximum atomic E-state index is 12.8. The summed E-state index contributed by atoms with van der Waals surface area (Å²) in [4.78, 5) is 39.8. The predicted molar refractivity (Wildman–Crippen MR) is 124 cm³/mol. The van der Waals surface area contributed by atoms with E-state index in [1.807, 2.05) is 43.3 Å².